The quantitative estimate of drug-likeness (QED) is 0.663. The van der Waals surface area contributed by atoms with Crippen molar-refractivity contribution in [1.82, 2.24) is 10.1 Å². The van der Waals surface area contributed by atoms with E-state index in [-0.39, 0.29) is 12.0 Å². The van der Waals surface area contributed by atoms with Gasteiger partial charge in [-0.25, -0.2) is 0 Å². The first kappa shape index (κ1) is 8.01. The van der Waals surface area contributed by atoms with Crippen LogP contribution in [0.1, 0.15) is 30.7 Å². The maximum absolute atomic E-state index is 5.51. The molecule has 2 rings (SSSR count). The first-order chi connectivity index (χ1) is 5.90. The Morgan fingerprint density at radius 3 is 3.08 bits per heavy atom. The molecule has 1 unspecified atom stereocenters. The monoisotopic (exact) mass is 188 g/mol. The Morgan fingerprint density at radius 1 is 1.58 bits per heavy atom. The Kier molecular flexibility index (Phi) is 2.28. The summed E-state index contributed by atoms with van der Waals surface area (Å²) in [4.78, 5) is 4.08. The van der Waals surface area contributed by atoms with Gasteiger partial charge in [-0.15, -0.1) is 11.6 Å². The Balaban J connectivity index is 2.11. The molecule has 0 aromatic carbocycles. The summed E-state index contributed by atoms with van der Waals surface area (Å²) >= 11 is 5.51. The highest BCUT2D eigenvalue weighted by Gasteiger charge is 2.22. The second kappa shape index (κ2) is 3.41. The lowest BCUT2D eigenvalue weighted by atomic mass is 10.2. The molecule has 5 heteroatoms. The maximum atomic E-state index is 5.51. The van der Waals surface area contributed by atoms with E-state index in [1.54, 1.807) is 0 Å². The van der Waals surface area contributed by atoms with Crippen LogP contribution in [0.25, 0.3) is 0 Å². The van der Waals surface area contributed by atoms with Gasteiger partial charge in [-0.2, -0.15) is 4.98 Å². The van der Waals surface area contributed by atoms with Gasteiger partial charge in [0.25, 0.3) is 0 Å². The van der Waals surface area contributed by atoms with Crippen LogP contribution in [0.15, 0.2) is 4.52 Å². The van der Waals surface area contributed by atoms with Crippen molar-refractivity contribution >= 4 is 11.6 Å². The summed E-state index contributed by atoms with van der Waals surface area (Å²) in [6.07, 6.45) is 2.06. The molecule has 4 nitrogen and oxygen atoms in total. The third-order valence-corrected chi connectivity index (χ3v) is 2.04. The average Bonchev–Trinajstić information content (AvgIpc) is 2.75. The maximum Gasteiger partial charge on any atom is 0.241 e. The number of aromatic nitrogens is 2. The first-order valence-electron chi connectivity index (χ1n) is 3.90. The van der Waals surface area contributed by atoms with Gasteiger partial charge in [-0.1, -0.05) is 5.16 Å². The van der Waals surface area contributed by atoms with E-state index in [9.17, 15) is 0 Å². The lowest BCUT2D eigenvalue weighted by molar-refractivity contribution is 0.103. The Bertz CT molecular complexity index is 258. The molecule has 2 heterocycles. The van der Waals surface area contributed by atoms with Crippen LogP contribution >= 0.6 is 11.6 Å². The third-order valence-electron chi connectivity index (χ3n) is 1.82. The molecule has 1 fully saturated rings. The molecule has 0 aliphatic carbocycles. The number of nitrogens with zero attached hydrogens (tertiary/aromatic N) is 2. The minimum atomic E-state index is 0.0192. The minimum absolute atomic E-state index is 0.0192. The van der Waals surface area contributed by atoms with Crippen LogP contribution in [0.4, 0.5) is 0 Å². The van der Waals surface area contributed by atoms with E-state index in [2.05, 4.69) is 10.1 Å². The van der Waals surface area contributed by atoms with E-state index in [0.717, 1.165) is 19.4 Å². The fourth-order valence-corrected chi connectivity index (χ4v) is 1.34. The smallest absolute Gasteiger partial charge is 0.241 e. The van der Waals surface area contributed by atoms with Gasteiger partial charge in [0.1, 0.15) is 12.0 Å². The van der Waals surface area contributed by atoms with Gasteiger partial charge in [0, 0.05) is 6.61 Å². The van der Waals surface area contributed by atoms with E-state index in [4.69, 9.17) is 20.9 Å². The standard InChI is InChI=1S/C7H9ClN2O2/c8-4-6-9-7(10-12-6)5-2-1-3-11-5/h5H,1-4H2. The summed E-state index contributed by atoms with van der Waals surface area (Å²) in [6, 6.07) is 0. The predicted octanol–water partition coefficient (Wildman–Crippen LogP) is 1.66. The van der Waals surface area contributed by atoms with Gasteiger partial charge in [-0.3, -0.25) is 0 Å². The SMILES string of the molecule is ClCc1nc(C2CCCO2)no1. The molecule has 0 spiro atoms. The van der Waals surface area contributed by atoms with E-state index in [1.165, 1.54) is 0 Å². The van der Waals surface area contributed by atoms with E-state index < -0.39 is 0 Å². The van der Waals surface area contributed by atoms with Crippen LogP contribution in [0.3, 0.4) is 0 Å². The zero-order valence-electron chi connectivity index (χ0n) is 6.49. The Labute approximate surface area is 74.9 Å². The third kappa shape index (κ3) is 1.44. The van der Waals surface area contributed by atoms with Gasteiger partial charge in [0.2, 0.25) is 11.7 Å². The molecule has 1 aliphatic heterocycles. The van der Waals surface area contributed by atoms with Gasteiger partial charge < -0.3 is 9.26 Å². The number of halogens is 1. The van der Waals surface area contributed by atoms with E-state index >= 15 is 0 Å². The molecule has 1 aliphatic rings. The summed E-state index contributed by atoms with van der Waals surface area (Å²) in [5.74, 6) is 1.35. The average molecular weight is 189 g/mol. The fourth-order valence-electron chi connectivity index (χ4n) is 1.23. The fraction of sp³-hybridized carbons (Fsp3) is 0.714. The molecule has 0 saturated carbocycles. The van der Waals surface area contributed by atoms with Crippen molar-refractivity contribution in [1.29, 1.82) is 0 Å². The Hall–Kier alpha value is -0.610. The molecule has 1 atom stereocenters. The normalized spacial score (nSPS) is 23.2. The zero-order valence-corrected chi connectivity index (χ0v) is 7.25. The number of ether oxygens (including phenoxy) is 1. The molecule has 12 heavy (non-hydrogen) atoms. The summed E-state index contributed by atoms with van der Waals surface area (Å²) in [5, 5.41) is 3.77. The molecule has 0 radical (unpaired) electrons. The zero-order chi connectivity index (χ0) is 8.39. The first-order valence-corrected chi connectivity index (χ1v) is 4.43. The van der Waals surface area contributed by atoms with Crippen molar-refractivity contribution in [3.8, 4) is 0 Å². The van der Waals surface area contributed by atoms with Crippen molar-refractivity contribution < 1.29 is 9.26 Å². The Morgan fingerprint density at radius 2 is 2.50 bits per heavy atom. The molecule has 0 amide bonds. The molecule has 1 aromatic heterocycles. The highest BCUT2D eigenvalue weighted by molar-refractivity contribution is 6.16. The number of hydrogen-bond donors (Lipinski definition) is 0. The molecular formula is C7H9ClN2O2. The number of hydrogen-bond acceptors (Lipinski definition) is 4. The van der Waals surface area contributed by atoms with Crippen LogP contribution in [0.5, 0.6) is 0 Å². The second-order valence-electron chi connectivity index (χ2n) is 2.68. The summed E-state index contributed by atoms with van der Waals surface area (Å²) < 4.78 is 10.2. The second-order valence-corrected chi connectivity index (χ2v) is 2.95. The van der Waals surface area contributed by atoms with Gasteiger partial charge in [0.05, 0.1) is 0 Å². The minimum Gasteiger partial charge on any atom is -0.370 e. The van der Waals surface area contributed by atoms with Crippen LogP contribution in [0.2, 0.25) is 0 Å². The molecule has 0 bridgehead atoms. The van der Waals surface area contributed by atoms with Crippen LogP contribution in [-0.4, -0.2) is 16.7 Å². The number of alkyl halides is 1. The van der Waals surface area contributed by atoms with Crippen LogP contribution in [0, 0.1) is 0 Å². The van der Waals surface area contributed by atoms with Crippen molar-refractivity contribution in [3.63, 3.8) is 0 Å². The molecule has 66 valence electrons. The summed E-state index contributed by atoms with van der Waals surface area (Å²) in [5.41, 5.74) is 0. The largest absolute Gasteiger partial charge is 0.370 e. The summed E-state index contributed by atoms with van der Waals surface area (Å²) in [7, 11) is 0. The topological polar surface area (TPSA) is 48.2 Å². The van der Waals surface area contributed by atoms with Gasteiger partial charge >= 0.3 is 0 Å². The van der Waals surface area contributed by atoms with Crippen LogP contribution < -0.4 is 0 Å². The lowest BCUT2D eigenvalue weighted by Crippen LogP contribution is -1.97. The van der Waals surface area contributed by atoms with Crippen molar-refractivity contribution in [2.75, 3.05) is 6.61 Å². The highest BCUT2D eigenvalue weighted by atomic mass is 35.5. The molecular weight excluding hydrogens is 180 g/mol. The van der Waals surface area contributed by atoms with Gasteiger partial charge in [-0.05, 0) is 12.8 Å². The van der Waals surface area contributed by atoms with Crippen LogP contribution in [-0.2, 0) is 10.6 Å². The van der Waals surface area contributed by atoms with Crippen molar-refractivity contribution in [3.05, 3.63) is 11.7 Å². The van der Waals surface area contributed by atoms with Crippen molar-refractivity contribution in [2.45, 2.75) is 24.8 Å². The molecule has 0 N–H and O–H groups in total. The molecule has 1 aromatic rings. The number of rotatable bonds is 2. The molecule has 1 saturated heterocycles. The van der Waals surface area contributed by atoms with Crippen molar-refractivity contribution in [2.24, 2.45) is 0 Å². The predicted molar refractivity (Wildman–Crippen MR) is 41.8 cm³/mol. The lowest BCUT2D eigenvalue weighted by Gasteiger charge is -2.00. The van der Waals surface area contributed by atoms with Gasteiger partial charge in [0.15, 0.2) is 0 Å². The summed E-state index contributed by atoms with van der Waals surface area (Å²) in [6.45, 7) is 0.787. The van der Waals surface area contributed by atoms with E-state index in [1.807, 2.05) is 0 Å². The highest BCUT2D eigenvalue weighted by Crippen LogP contribution is 2.26. The van der Waals surface area contributed by atoms with E-state index in [0.29, 0.717) is 11.7 Å².